The highest BCUT2D eigenvalue weighted by atomic mass is 28.3. The van der Waals surface area contributed by atoms with Gasteiger partial charge >= 0.3 is 5.97 Å². The number of unbranched alkanes of at least 4 members (excludes halogenated alkanes) is 1. The summed E-state index contributed by atoms with van der Waals surface area (Å²) in [5, 5.41) is 1.52. The van der Waals surface area contributed by atoms with E-state index in [-0.39, 0.29) is 19.3 Å². The summed E-state index contributed by atoms with van der Waals surface area (Å²) >= 11 is 0. The van der Waals surface area contributed by atoms with Gasteiger partial charge in [-0.3, -0.25) is 0 Å². The van der Waals surface area contributed by atoms with Gasteiger partial charge in [0.1, 0.15) is 11.9 Å². The van der Waals surface area contributed by atoms with E-state index < -0.39 is 14.0 Å². The average Bonchev–Trinajstić information content (AvgIpc) is 3.67. The topological polar surface area (TPSA) is 57.3 Å². The molecule has 0 aromatic heterocycles. The van der Waals surface area contributed by atoms with Gasteiger partial charge in [0.05, 0.1) is 46.7 Å². The molecule has 1 heterocycles. The highest BCUT2D eigenvalue weighted by molar-refractivity contribution is 6.89. The zero-order valence-corrected chi connectivity index (χ0v) is 21.8. The quantitative estimate of drug-likeness (QED) is 0.113. The van der Waals surface area contributed by atoms with Gasteiger partial charge in [-0.1, -0.05) is 87.1 Å². The molecule has 1 unspecified atom stereocenters. The highest BCUT2D eigenvalue weighted by Gasteiger charge is 2.23. The Morgan fingerprint density at radius 3 is 2.29 bits per heavy atom. The Morgan fingerprint density at radius 1 is 1.03 bits per heavy atom. The zero-order chi connectivity index (χ0) is 24.4. The molecular weight excluding hydrogens is 444 g/mol. The largest absolute Gasteiger partial charge is 0.493 e. The molecule has 0 N–H and O–H groups in total. The van der Waals surface area contributed by atoms with E-state index in [0.717, 1.165) is 12.4 Å². The van der Waals surface area contributed by atoms with Crippen molar-refractivity contribution in [3.63, 3.8) is 0 Å². The first-order valence-electron chi connectivity index (χ1n) is 12.3. The predicted molar refractivity (Wildman–Crippen MR) is 139 cm³/mol. The molecule has 6 heteroatoms. The first-order chi connectivity index (χ1) is 16.4. The van der Waals surface area contributed by atoms with Gasteiger partial charge in [-0.25, -0.2) is 4.79 Å². The fraction of sp³-hybridized carbons (Fsp3) is 0.464. The second-order valence-corrected chi connectivity index (χ2v) is 14.3. The van der Waals surface area contributed by atoms with E-state index >= 15 is 0 Å². The van der Waals surface area contributed by atoms with Gasteiger partial charge in [-0.2, -0.15) is 0 Å². The average molecular weight is 483 g/mol. The Labute approximate surface area is 205 Å². The molecule has 1 saturated heterocycles. The van der Waals surface area contributed by atoms with Crippen LogP contribution < -0.4 is 9.92 Å². The SMILES string of the molecule is C=C(COCC1CO1)C(=O)OCCCOc1ccc(-c2ccc([Si](C)(C)CCCC)cc2)cc1. The van der Waals surface area contributed by atoms with Crippen LogP contribution in [0.1, 0.15) is 26.2 Å². The predicted octanol–water partition coefficient (Wildman–Crippen LogP) is 5.35. The van der Waals surface area contributed by atoms with Crippen molar-refractivity contribution < 1.29 is 23.7 Å². The number of hydrogen-bond donors (Lipinski definition) is 0. The summed E-state index contributed by atoms with van der Waals surface area (Å²) in [6.07, 6.45) is 3.35. The Hall–Kier alpha value is -2.41. The van der Waals surface area contributed by atoms with Crippen molar-refractivity contribution in [1.29, 1.82) is 0 Å². The molecule has 0 saturated carbocycles. The monoisotopic (exact) mass is 482 g/mol. The minimum absolute atomic E-state index is 0.169. The molecule has 3 rings (SSSR count). The van der Waals surface area contributed by atoms with Crippen molar-refractivity contribution in [2.24, 2.45) is 0 Å². The number of epoxide rings is 1. The van der Waals surface area contributed by atoms with Crippen LogP contribution in [0.4, 0.5) is 0 Å². The van der Waals surface area contributed by atoms with Crippen LogP contribution in [0, 0.1) is 0 Å². The lowest BCUT2D eigenvalue weighted by atomic mass is 10.1. The van der Waals surface area contributed by atoms with Crippen molar-refractivity contribution in [3.05, 3.63) is 60.7 Å². The summed E-state index contributed by atoms with van der Waals surface area (Å²) in [6.45, 7) is 13.0. The van der Waals surface area contributed by atoms with E-state index in [1.54, 1.807) is 0 Å². The summed E-state index contributed by atoms with van der Waals surface area (Å²) in [7, 11) is -1.34. The second kappa shape index (κ2) is 12.9. The van der Waals surface area contributed by atoms with Crippen molar-refractivity contribution in [2.45, 2.75) is 51.4 Å². The normalized spacial score (nSPS) is 15.1. The fourth-order valence-corrected chi connectivity index (χ4v) is 6.27. The first kappa shape index (κ1) is 26.2. The molecule has 1 aliphatic heterocycles. The molecule has 0 radical (unpaired) electrons. The molecule has 2 aromatic rings. The number of esters is 1. The first-order valence-corrected chi connectivity index (χ1v) is 15.5. The Morgan fingerprint density at radius 2 is 1.68 bits per heavy atom. The third kappa shape index (κ3) is 8.42. The van der Waals surface area contributed by atoms with Crippen LogP contribution in [0.25, 0.3) is 11.1 Å². The van der Waals surface area contributed by atoms with Crippen molar-refractivity contribution in [1.82, 2.24) is 0 Å². The lowest BCUT2D eigenvalue weighted by molar-refractivity contribution is -0.139. The third-order valence-corrected chi connectivity index (χ3v) is 9.57. The lowest BCUT2D eigenvalue weighted by Crippen LogP contribution is -2.40. The smallest absolute Gasteiger partial charge is 0.335 e. The van der Waals surface area contributed by atoms with Gasteiger partial charge in [0.15, 0.2) is 0 Å². The third-order valence-electron chi connectivity index (χ3n) is 6.07. The molecule has 0 aliphatic carbocycles. The summed E-state index contributed by atoms with van der Waals surface area (Å²) in [6, 6.07) is 18.6. The van der Waals surface area contributed by atoms with Gasteiger partial charge in [-0.15, -0.1) is 0 Å². The molecule has 1 fully saturated rings. The van der Waals surface area contributed by atoms with E-state index in [9.17, 15) is 4.79 Å². The van der Waals surface area contributed by atoms with Crippen LogP contribution in [0.3, 0.4) is 0 Å². The Kier molecular flexibility index (Phi) is 9.93. The van der Waals surface area contributed by atoms with Crippen LogP contribution in [0.2, 0.25) is 19.1 Å². The van der Waals surface area contributed by atoms with Crippen LogP contribution >= 0.6 is 0 Å². The minimum Gasteiger partial charge on any atom is -0.493 e. The highest BCUT2D eigenvalue weighted by Crippen LogP contribution is 2.23. The minimum atomic E-state index is -1.34. The van der Waals surface area contributed by atoms with Crippen molar-refractivity contribution >= 4 is 19.2 Å². The number of carbonyl (C=O) groups is 1. The van der Waals surface area contributed by atoms with Gasteiger partial charge in [0.25, 0.3) is 0 Å². The van der Waals surface area contributed by atoms with E-state index in [0.29, 0.717) is 25.2 Å². The number of carbonyl (C=O) groups excluding carboxylic acids is 1. The molecule has 184 valence electrons. The van der Waals surface area contributed by atoms with Crippen molar-refractivity contribution in [2.75, 3.05) is 33.0 Å². The van der Waals surface area contributed by atoms with Gasteiger partial charge in [0.2, 0.25) is 0 Å². The van der Waals surface area contributed by atoms with Crippen molar-refractivity contribution in [3.8, 4) is 16.9 Å². The van der Waals surface area contributed by atoms with Gasteiger partial charge < -0.3 is 18.9 Å². The molecule has 5 nitrogen and oxygen atoms in total. The molecule has 34 heavy (non-hydrogen) atoms. The second-order valence-electron chi connectivity index (χ2n) is 9.50. The number of hydrogen-bond acceptors (Lipinski definition) is 5. The maximum absolute atomic E-state index is 11.9. The lowest BCUT2D eigenvalue weighted by Gasteiger charge is -2.23. The maximum Gasteiger partial charge on any atom is 0.335 e. The van der Waals surface area contributed by atoms with Gasteiger partial charge in [-0.05, 0) is 23.3 Å². The van der Waals surface area contributed by atoms with Crippen LogP contribution in [-0.4, -0.2) is 53.2 Å². The van der Waals surface area contributed by atoms with E-state index in [1.165, 1.54) is 35.2 Å². The molecule has 0 amide bonds. The van der Waals surface area contributed by atoms with E-state index in [2.05, 4.69) is 63.0 Å². The molecular formula is C28H38O5Si. The summed E-state index contributed by atoms with van der Waals surface area (Å²) in [5.74, 6) is 0.378. The molecule has 1 atom stereocenters. The van der Waals surface area contributed by atoms with E-state index in [4.69, 9.17) is 18.9 Å². The summed E-state index contributed by atoms with van der Waals surface area (Å²) in [4.78, 5) is 11.9. The standard InChI is InChI=1S/C28H38O5Si/c1-5-6-18-34(3,4)27-14-10-24(11-15-27)23-8-12-25(13-9-23)31-16-7-17-32-28(29)22(2)19-30-20-26-21-33-26/h8-15,26H,2,5-7,16-21H2,1,3-4H3. The Bertz CT molecular complexity index is 917. The summed E-state index contributed by atoms with van der Waals surface area (Å²) in [5.41, 5.74) is 2.71. The van der Waals surface area contributed by atoms with Crippen LogP contribution in [-0.2, 0) is 19.0 Å². The number of ether oxygens (including phenoxy) is 4. The van der Waals surface area contributed by atoms with Crippen LogP contribution in [0.5, 0.6) is 5.75 Å². The molecule has 2 aromatic carbocycles. The number of benzene rings is 2. The van der Waals surface area contributed by atoms with E-state index in [1.807, 2.05) is 12.1 Å². The van der Waals surface area contributed by atoms with Gasteiger partial charge in [0, 0.05) is 6.42 Å². The molecule has 0 bridgehead atoms. The molecule has 1 aliphatic rings. The fourth-order valence-electron chi connectivity index (χ4n) is 3.67. The Balaban J connectivity index is 1.36. The number of rotatable bonds is 15. The maximum atomic E-state index is 11.9. The molecule has 0 spiro atoms. The van der Waals surface area contributed by atoms with Crippen LogP contribution in [0.15, 0.2) is 60.7 Å². The zero-order valence-electron chi connectivity index (χ0n) is 20.8. The summed E-state index contributed by atoms with van der Waals surface area (Å²) < 4.78 is 21.4.